The van der Waals surface area contributed by atoms with Crippen LogP contribution in [-0.4, -0.2) is 39.4 Å². The second-order valence-electron chi connectivity index (χ2n) is 4.29. The van der Waals surface area contributed by atoms with Crippen molar-refractivity contribution in [3.8, 4) is 0 Å². The van der Waals surface area contributed by atoms with Crippen LogP contribution in [0.4, 0.5) is 70.2 Å². The van der Waals surface area contributed by atoms with Gasteiger partial charge < -0.3 is 0 Å². The fraction of sp³-hybridized carbons (Fsp3) is 1.00. The zero-order valence-corrected chi connectivity index (χ0v) is 20.2. The first-order chi connectivity index (χ1) is 11.5. The quantitative estimate of drug-likeness (QED) is 0.142. The summed E-state index contributed by atoms with van der Waals surface area (Å²) < 4.78 is 172. The molecule has 0 aliphatic heterocycles. The van der Waals surface area contributed by atoms with E-state index in [0.717, 1.165) is 0 Å². The molecule has 0 rings (SSSR count). The topological polar surface area (TPSA) is 0 Å². The lowest BCUT2D eigenvalue weighted by Crippen LogP contribution is -2.58. The summed E-state index contributed by atoms with van der Waals surface area (Å²) in [6.45, 7) is 0. The minimum absolute atomic E-state index is 0.315. The van der Waals surface area contributed by atoms with Crippen LogP contribution in [0.1, 0.15) is 0 Å². The third-order valence-corrected chi connectivity index (χ3v) is 4.92. The molecule has 28 heavy (non-hydrogen) atoms. The van der Waals surface area contributed by atoms with Crippen molar-refractivity contribution in [3.05, 3.63) is 0 Å². The zero-order chi connectivity index (χ0) is 24.0. The molecule has 0 aromatic carbocycles. The lowest BCUT2D eigenvalue weighted by Gasteiger charge is -2.31. The van der Waals surface area contributed by atoms with Crippen LogP contribution in [0.15, 0.2) is 0 Å². The molecule has 0 aliphatic carbocycles. The predicted octanol–water partition coefficient (Wildman–Crippen LogP) is 8.63. The zero-order valence-electron chi connectivity index (χ0n) is 11.6. The summed E-state index contributed by atoms with van der Waals surface area (Å²) in [6.07, 6.45) is 0. The molecule has 0 atom stereocenters. The maximum absolute atomic E-state index is 12.2. The van der Waals surface area contributed by atoms with Gasteiger partial charge in [0.15, 0.2) is 0 Å². The Labute approximate surface area is 198 Å². The van der Waals surface area contributed by atoms with Gasteiger partial charge in [-0.25, -0.2) is 0 Å². The Bertz CT molecular complexity index is 425. The van der Waals surface area contributed by atoms with E-state index in [1.54, 1.807) is 0 Å². The summed E-state index contributed by atoms with van der Waals surface area (Å²) in [5.74, 6) is -24.5. The molecule has 0 saturated carbocycles. The van der Waals surface area contributed by atoms with Gasteiger partial charge in [0.2, 0.25) is 0 Å². The van der Waals surface area contributed by atoms with E-state index in [9.17, 15) is 70.2 Å². The maximum Gasteiger partial charge on any atom is 0.388 e. The van der Waals surface area contributed by atoms with Crippen LogP contribution in [-0.2, 0) is 0 Å². The van der Waals surface area contributed by atoms with E-state index in [1.807, 2.05) is 0 Å². The molecule has 0 bridgehead atoms. The molecule has 0 radical (unpaired) electrons. The summed E-state index contributed by atoms with van der Waals surface area (Å²) in [4.78, 5) is 0. The van der Waals surface area contributed by atoms with E-state index in [0.29, 0.717) is 0 Å². The second kappa shape index (κ2) is 8.97. The van der Waals surface area contributed by atoms with Crippen LogP contribution in [0.5, 0.6) is 0 Å². The molecule has 0 saturated heterocycles. The first-order valence-electron chi connectivity index (χ1n) is 5.28. The van der Waals surface area contributed by atoms with Gasteiger partial charge in [-0.1, -0.05) is 0 Å². The standard InChI is InChI=1S/2C4F8I2/c2*5-1(6,3(9,10)13)2(7,8)4(11,12)14. The highest BCUT2D eigenvalue weighted by atomic mass is 127. The molecule has 0 spiro atoms. The van der Waals surface area contributed by atoms with Crippen molar-refractivity contribution in [2.24, 2.45) is 0 Å². The van der Waals surface area contributed by atoms with Crippen molar-refractivity contribution in [3.63, 3.8) is 0 Å². The summed E-state index contributed by atoms with van der Waals surface area (Å²) >= 11 is -1.26. The molecular weight excluding hydrogens is 908 g/mol. The van der Waals surface area contributed by atoms with Crippen LogP contribution >= 0.6 is 90.4 Å². The van der Waals surface area contributed by atoms with Crippen LogP contribution in [0.2, 0.25) is 0 Å². The van der Waals surface area contributed by atoms with Crippen molar-refractivity contribution in [2.45, 2.75) is 39.4 Å². The molecular formula is C8F16I4. The minimum atomic E-state index is -6.12. The molecule has 20 heteroatoms. The van der Waals surface area contributed by atoms with E-state index in [4.69, 9.17) is 0 Å². The summed E-state index contributed by atoms with van der Waals surface area (Å²) in [5, 5.41) is 0. The Morgan fingerprint density at radius 2 is 0.321 bits per heavy atom. The first kappa shape index (κ1) is 32.0. The van der Waals surface area contributed by atoms with E-state index >= 15 is 0 Å². The third kappa shape index (κ3) is 6.41. The molecule has 0 heterocycles. The average Bonchev–Trinajstić information content (AvgIpc) is 2.33. The van der Waals surface area contributed by atoms with Gasteiger partial charge in [0.05, 0.1) is 0 Å². The van der Waals surface area contributed by atoms with Gasteiger partial charge in [0.1, 0.15) is 0 Å². The highest BCUT2D eigenvalue weighted by Gasteiger charge is 2.80. The van der Waals surface area contributed by atoms with E-state index in [2.05, 4.69) is 0 Å². The fourth-order valence-corrected chi connectivity index (χ4v) is 2.07. The molecule has 0 aliphatic rings. The molecule has 0 aromatic rings. The molecule has 0 fully saturated rings. The average molecular weight is 908 g/mol. The third-order valence-electron chi connectivity index (χ3n) is 2.21. The Hall–Kier alpha value is 1.80. The van der Waals surface area contributed by atoms with Crippen LogP contribution in [0.25, 0.3) is 0 Å². The normalized spacial score (nSPS) is 15.9. The number of rotatable bonds is 6. The second-order valence-corrected chi connectivity index (χ2v) is 9.71. The Balaban J connectivity index is 0. The van der Waals surface area contributed by atoms with Crippen molar-refractivity contribution in [1.29, 1.82) is 0 Å². The van der Waals surface area contributed by atoms with Gasteiger partial charge in [-0.2, -0.15) is 70.2 Å². The van der Waals surface area contributed by atoms with Crippen LogP contribution in [0, 0.1) is 0 Å². The number of hydrogen-bond donors (Lipinski definition) is 0. The van der Waals surface area contributed by atoms with Crippen molar-refractivity contribution in [1.82, 2.24) is 0 Å². The molecule has 0 amide bonds. The molecule has 0 unspecified atom stereocenters. The smallest absolute Gasteiger partial charge is 0.191 e. The van der Waals surface area contributed by atoms with Gasteiger partial charge >= 0.3 is 39.4 Å². The van der Waals surface area contributed by atoms with E-state index in [1.165, 1.54) is 0 Å². The Kier molecular flexibility index (Phi) is 10.3. The monoisotopic (exact) mass is 908 g/mol. The van der Waals surface area contributed by atoms with Gasteiger partial charge in [-0.3, -0.25) is 0 Å². The summed E-state index contributed by atoms with van der Waals surface area (Å²) in [5.41, 5.74) is 0. The maximum atomic E-state index is 12.2. The Morgan fingerprint density at radius 1 is 0.250 bits per heavy atom. The van der Waals surface area contributed by atoms with Gasteiger partial charge in [-0.05, 0) is 0 Å². The molecule has 0 nitrogen and oxygen atoms in total. The van der Waals surface area contributed by atoms with E-state index in [-0.39, 0.29) is 90.4 Å². The van der Waals surface area contributed by atoms with Gasteiger partial charge in [-0.15, -0.1) is 0 Å². The lowest BCUT2D eigenvalue weighted by atomic mass is 10.2. The lowest BCUT2D eigenvalue weighted by molar-refractivity contribution is -0.312. The van der Waals surface area contributed by atoms with E-state index < -0.39 is 39.4 Å². The summed E-state index contributed by atoms with van der Waals surface area (Å²) in [6, 6.07) is 0. The van der Waals surface area contributed by atoms with Crippen molar-refractivity contribution >= 4 is 90.4 Å². The molecule has 172 valence electrons. The van der Waals surface area contributed by atoms with Gasteiger partial charge in [0.25, 0.3) is 0 Å². The fourth-order valence-electron chi connectivity index (χ4n) is 0.712. The first-order valence-corrected chi connectivity index (χ1v) is 9.59. The molecule has 0 aromatic heterocycles. The largest absolute Gasteiger partial charge is 0.388 e. The highest BCUT2D eigenvalue weighted by molar-refractivity contribution is 14.1. The summed E-state index contributed by atoms with van der Waals surface area (Å²) in [7, 11) is 0. The predicted molar refractivity (Wildman–Crippen MR) is 95.7 cm³/mol. The number of hydrogen-bond acceptors (Lipinski definition) is 0. The van der Waals surface area contributed by atoms with Crippen LogP contribution in [0.3, 0.4) is 0 Å². The highest BCUT2D eigenvalue weighted by Crippen LogP contribution is 2.57. The molecule has 0 N–H and O–H groups in total. The van der Waals surface area contributed by atoms with Gasteiger partial charge in [0, 0.05) is 90.4 Å². The number of halogens is 20. The Morgan fingerprint density at radius 3 is 0.357 bits per heavy atom. The SMILES string of the molecule is FC(F)(I)C(F)(F)C(F)(F)C(F)(F)I.FC(F)(I)C(F)(F)C(F)(F)C(F)(F)I. The minimum Gasteiger partial charge on any atom is -0.191 e. The van der Waals surface area contributed by atoms with Crippen molar-refractivity contribution in [2.75, 3.05) is 0 Å². The number of alkyl halides is 20. The van der Waals surface area contributed by atoms with Crippen molar-refractivity contribution < 1.29 is 70.2 Å². The van der Waals surface area contributed by atoms with Crippen LogP contribution < -0.4 is 0 Å².